The minimum Gasteiger partial charge on any atom is -0.321 e. The molecule has 3 aromatic rings. The van der Waals surface area contributed by atoms with Crippen LogP contribution in [0.4, 0.5) is 5.69 Å². The number of rotatable bonds is 3. The molecule has 0 aliphatic carbocycles. The number of hydrogen-bond acceptors (Lipinski definition) is 3. The summed E-state index contributed by atoms with van der Waals surface area (Å²) in [5.74, 6) is -0.158. The number of amides is 1. The topological polar surface area (TPSA) is 59.8 Å². The van der Waals surface area contributed by atoms with Crippen molar-refractivity contribution >= 4 is 22.6 Å². The molecule has 0 aliphatic heterocycles. The molecule has 1 aromatic carbocycles. The molecule has 0 unspecified atom stereocenters. The number of hydrogen-bond donors (Lipinski definition) is 1. The maximum absolute atomic E-state index is 12.5. The van der Waals surface area contributed by atoms with Crippen molar-refractivity contribution in [1.82, 2.24) is 14.8 Å². The van der Waals surface area contributed by atoms with Gasteiger partial charge in [-0.05, 0) is 44.9 Å². The van der Waals surface area contributed by atoms with Crippen molar-refractivity contribution in [1.29, 1.82) is 0 Å². The van der Waals surface area contributed by atoms with Crippen LogP contribution in [0.2, 0.25) is 0 Å². The van der Waals surface area contributed by atoms with E-state index >= 15 is 0 Å². The van der Waals surface area contributed by atoms with E-state index in [1.165, 1.54) is 0 Å². The quantitative estimate of drug-likeness (QED) is 0.798. The Kier molecular flexibility index (Phi) is 3.86. The molecule has 2 heterocycles. The molecule has 2 aromatic heterocycles. The molecule has 5 heteroatoms. The van der Waals surface area contributed by atoms with Crippen molar-refractivity contribution < 1.29 is 4.79 Å². The minimum atomic E-state index is -0.158. The molecule has 23 heavy (non-hydrogen) atoms. The second-order valence-corrected chi connectivity index (χ2v) is 6.04. The number of carbonyl (C=O) groups excluding carboxylic acids is 1. The van der Waals surface area contributed by atoms with Crippen molar-refractivity contribution in [3.63, 3.8) is 0 Å². The number of fused-ring (bicyclic) bond motifs is 1. The third kappa shape index (κ3) is 2.82. The van der Waals surface area contributed by atoms with E-state index in [1.807, 2.05) is 42.8 Å². The van der Waals surface area contributed by atoms with Crippen LogP contribution >= 0.6 is 0 Å². The van der Waals surface area contributed by atoms with Gasteiger partial charge in [-0.3, -0.25) is 4.79 Å². The summed E-state index contributed by atoms with van der Waals surface area (Å²) in [7, 11) is 0. The Labute approximate surface area is 135 Å². The largest absolute Gasteiger partial charge is 0.321 e. The van der Waals surface area contributed by atoms with Crippen LogP contribution in [-0.4, -0.2) is 20.7 Å². The SMILES string of the molecule is Cc1cccc(C)c1NC(=O)c1cnc2c(cnn2C(C)C)c1. The summed E-state index contributed by atoms with van der Waals surface area (Å²) < 4.78 is 1.85. The maximum Gasteiger partial charge on any atom is 0.257 e. The summed E-state index contributed by atoms with van der Waals surface area (Å²) in [5, 5.41) is 8.18. The first-order chi connectivity index (χ1) is 11.0. The molecule has 118 valence electrons. The summed E-state index contributed by atoms with van der Waals surface area (Å²) in [6.45, 7) is 8.07. The van der Waals surface area contributed by atoms with Gasteiger partial charge in [-0.25, -0.2) is 9.67 Å². The van der Waals surface area contributed by atoms with E-state index in [2.05, 4.69) is 29.2 Å². The summed E-state index contributed by atoms with van der Waals surface area (Å²) in [4.78, 5) is 16.9. The monoisotopic (exact) mass is 308 g/mol. The Balaban J connectivity index is 1.92. The molecule has 0 bridgehead atoms. The molecule has 0 saturated heterocycles. The van der Waals surface area contributed by atoms with E-state index in [9.17, 15) is 4.79 Å². The Morgan fingerprint density at radius 3 is 2.52 bits per heavy atom. The summed E-state index contributed by atoms with van der Waals surface area (Å²) >= 11 is 0. The van der Waals surface area contributed by atoms with Gasteiger partial charge in [0.25, 0.3) is 5.91 Å². The molecule has 3 rings (SSSR count). The van der Waals surface area contributed by atoms with E-state index in [0.717, 1.165) is 27.8 Å². The second kappa shape index (κ2) is 5.83. The summed E-state index contributed by atoms with van der Waals surface area (Å²) in [5.41, 5.74) is 4.27. The van der Waals surface area contributed by atoms with Gasteiger partial charge in [-0.1, -0.05) is 18.2 Å². The number of anilines is 1. The first-order valence-electron chi connectivity index (χ1n) is 7.68. The predicted molar refractivity (Wildman–Crippen MR) is 91.8 cm³/mol. The molecule has 0 radical (unpaired) electrons. The van der Waals surface area contributed by atoms with E-state index in [1.54, 1.807) is 12.4 Å². The summed E-state index contributed by atoms with van der Waals surface area (Å²) in [6.07, 6.45) is 3.35. The number of pyridine rings is 1. The Bertz CT molecular complexity index is 860. The zero-order valence-corrected chi connectivity index (χ0v) is 13.8. The van der Waals surface area contributed by atoms with Crippen LogP contribution in [-0.2, 0) is 0 Å². The predicted octanol–water partition coefficient (Wildman–Crippen LogP) is 3.88. The van der Waals surface area contributed by atoms with E-state index < -0.39 is 0 Å². The lowest BCUT2D eigenvalue weighted by Gasteiger charge is -2.11. The van der Waals surface area contributed by atoms with Crippen LogP contribution < -0.4 is 5.32 Å². The van der Waals surface area contributed by atoms with E-state index in [0.29, 0.717) is 5.56 Å². The van der Waals surface area contributed by atoms with Gasteiger partial charge >= 0.3 is 0 Å². The van der Waals surface area contributed by atoms with Gasteiger partial charge in [0.2, 0.25) is 0 Å². The van der Waals surface area contributed by atoms with E-state index in [-0.39, 0.29) is 11.9 Å². The number of nitrogens with one attached hydrogen (secondary N) is 1. The van der Waals surface area contributed by atoms with Crippen LogP contribution in [0.3, 0.4) is 0 Å². The highest BCUT2D eigenvalue weighted by Crippen LogP contribution is 2.21. The zero-order chi connectivity index (χ0) is 16.6. The average Bonchev–Trinajstić information content (AvgIpc) is 2.94. The van der Waals surface area contributed by atoms with Crippen molar-refractivity contribution in [2.24, 2.45) is 0 Å². The van der Waals surface area contributed by atoms with Crippen LogP contribution in [0.15, 0.2) is 36.7 Å². The molecular weight excluding hydrogens is 288 g/mol. The highest BCUT2D eigenvalue weighted by atomic mass is 16.1. The first-order valence-corrected chi connectivity index (χ1v) is 7.68. The Hall–Kier alpha value is -2.69. The number of carbonyl (C=O) groups is 1. The fourth-order valence-corrected chi connectivity index (χ4v) is 2.64. The highest BCUT2D eigenvalue weighted by molar-refractivity contribution is 6.06. The summed E-state index contributed by atoms with van der Waals surface area (Å²) in [6, 6.07) is 8.01. The van der Waals surface area contributed by atoms with E-state index in [4.69, 9.17) is 0 Å². The molecule has 0 fully saturated rings. The molecule has 0 aliphatic rings. The standard InChI is InChI=1S/C18H20N4O/c1-11(2)22-17-14(10-20-22)8-15(9-19-17)18(23)21-16-12(3)6-5-7-13(16)4/h5-11H,1-4H3,(H,21,23). The fraction of sp³-hybridized carbons (Fsp3) is 0.278. The lowest BCUT2D eigenvalue weighted by Crippen LogP contribution is -2.14. The smallest absolute Gasteiger partial charge is 0.257 e. The minimum absolute atomic E-state index is 0.158. The third-order valence-corrected chi connectivity index (χ3v) is 3.90. The lowest BCUT2D eigenvalue weighted by atomic mass is 10.1. The third-order valence-electron chi connectivity index (χ3n) is 3.90. The van der Waals surface area contributed by atoms with Crippen LogP contribution in [0, 0.1) is 13.8 Å². The highest BCUT2D eigenvalue weighted by Gasteiger charge is 2.13. The van der Waals surface area contributed by atoms with Gasteiger partial charge in [0, 0.05) is 23.3 Å². The van der Waals surface area contributed by atoms with Gasteiger partial charge in [-0.2, -0.15) is 5.10 Å². The number of benzene rings is 1. The Morgan fingerprint density at radius 1 is 1.17 bits per heavy atom. The molecule has 5 nitrogen and oxygen atoms in total. The van der Waals surface area contributed by atoms with Gasteiger partial charge in [0.1, 0.15) is 0 Å². The molecule has 1 N–H and O–H groups in total. The van der Waals surface area contributed by atoms with Gasteiger partial charge < -0.3 is 5.32 Å². The van der Waals surface area contributed by atoms with Crippen LogP contribution in [0.5, 0.6) is 0 Å². The molecule has 0 spiro atoms. The normalized spacial score (nSPS) is 11.2. The number of nitrogens with zero attached hydrogens (tertiary/aromatic N) is 3. The van der Waals surface area contributed by atoms with Crippen LogP contribution in [0.25, 0.3) is 11.0 Å². The molecule has 1 amide bonds. The van der Waals surface area contributed by atoms with Crippen molar-refractivity contribution in [3.8, 4) is 0 Å². The number of aryl methyl sites for hydroxylation is 2. The van der Waals surface area contributed by atoms with Crippen molar-refractivity contribution in [2.75, 3.05) is 5.32 Å². The van der Waals surface area contributed by atoms with Crippen molar-refractivity contribution in [2.45, 2.75) is 33.7 Å². The van der Waals surface area contributed by atoms with Gasteiger partial charge in [0.05, 0.1) is 11.8 Å². The van der Waals surface area contributed by atoms with Gasteiger partial charge in [-0.15, -0.1) is 0 Å². The number of para-hydroxylation sites is 1. The molecule has 0 atom stereocenters. The fourth-order valence-electron chi connectivity index (χ4n) is 2.64. The Morgan fingerprint density at radius 2 is 1.87 bits per heavy atom. The van der Waals surface area contributed by atoms with Crippen LogP contribution in [0.1, 0.15) is 41.4 Å². The first kappa shape index (κ1) is 15.2. The maximum atomic E-state index is 12.5. The average molecular weight is 308 g/mol. The molecule has 0 saturated carbocycles. The lowest BCUT2D eigenvalue weighted by molar-refractivity contribution is 0.102. The van der Waals surface area contributed by atoms with Crippen molar-refractivity contribution in [3.05, 3.63) is 53.3 Å². The molecular formula is C18H20N4O. The van der Waals surface area contributed by atoms with Gasteiger partial charge in [0.15, 0.2) is 5.65 Å². The number of aromatic nitrogens is 3. The second-order valence-electron chi connectivity index (χ2n) is 6.04. The zero-order valence-electron chi connectivity index (χ0n) is 13.8.